The first kappa shape index (κ1) is 33.2. The quantitative estimate of drug-likeness (QED) is 0.311. The number of ether oxygens (including phenoxy) is 1. The Morgan fingerprint density at radius 1 is 0.958 bits per heavy atom. The third-order valence-electron chi connectivity index (χ3n) is 8.85. The van der Waals surface area contributed by atoms with Crippen molar-refractivity contribution in [3.63, 3.8) is 0 Å². The fourth-order valence-electron chi connectivity index (χ4n) is 6.05. The van der Waals surface area contributed by atoms with Gasteiger partial charge in [0, 0.05) is 80.9 Å². The molecule has 2 aliphatic rings. The van der Waals surface area contributed by atoms with E-state index in [0.29, 0.717) is 37.9 Å². The summed E-state index contributed by atoms with van der Waals surface area (Å²) in [5.74, 6) is 2.15. The number of aromatic nitrogens is 6. The van der Waals surface area contributed by atoms with Crippen molar-refractivity contribution < 1.29 is 18.8 Å². The molecule has 0 unspecified atom stereocenters. The van der Waals surface area contributed by atoms with Crippen LogP contribution >= 0.6 is 0 Å². The molecule has 14 nitrogen and oxygen atoms in total. The average Bonchev–Trinajstić information content (AvgIpc) is 3.75. The molecule has 0 aliphatic carbocycles. The second-order valence-corrected chi connectivity index (χ2v) is 14.7. The number of piperidine rings is 1. The number of nitrogens with zero attached hydrogens (tertiary/aromatic N) is 9. The Balaban J connectivity index is 1.08. The predicted octanol–water partition coefficient (Wildman–Crippen LogP) is 4.56. The van der Waals surface area contributed by atoms with E-state index < -0.39 is 5.60 Å². The van der Waals surface area contributed by atoms with Gasteiger partial charge in [-0.3, -0.25) is 9.20 Å². The zero-order valence-electron chi connectivity index (χ0n) is 28.9. The van der Waals surface area contributed by atoms with Crippen LogP contribution in [-0.4, -0.2) is 97.3 Å². The van der Waals surface area contributed by atoms with Crippen LogP contribution in [0.1, 0.15) is 77.8 Å². The largest absolute Gasteiger partial charge is 0.444 e. The molecule has 14 heteroatoms. The van der Waals surface area contributed by atoms with E-state index in [4.69, 9.17) is 19.2 Å². The maximum Gasteiger partial charge on any atom is 0.410 e. The minimum absolute atomic E-state index is 0.00369. The molecule has 2 aliphatic heterocycles. The third-order valence-corrected chi connectivity index (χ3v) is 8.85. The van der Waals surface area contributed by atoms with Crippen LogP contribution in [-0.2, 0) is 10.2 Å². The summed E-state index contributed by atoms with van der Waals surface area (Å²) in [7, 11) is 0. The molecule has 2 amide bonds. The molecule has 4 aromatic rings. The second kappa shape index (κ2) is 13.0. The maximum absolute atomic E-state index is 12.8. The van der Waals surface area contributed by atoms with Crippen molar-refractivity contribution in [2.45, 2.75) is 78.4 Å². The Morgan fingerprint density at radius 2 is 1.69 bits per heavy atom. The molecule has 0 saturated carbocycles. The van der Waals surface area contributed by atoms with E-state index >= 15 is 0 Å². The van der Waals surface area contributed by atoms with Crippen molar-refractivity contribution in [1.82, 2.24) is 39.7 Å². The molecule has 6 rings (SSSR count). The molecule has 2 fully saturated rings. The Morgan fingerprint density at radius 3 is 2.31 bits per heavy atom. The SMILES string of the molecule is C[C@@H](NC(=O)c1nc(C(C)(C)C)no1)C1CCN(c2nc(-c3ccc(N4CCN(C(=O)OC(C)(C)C)CC4)nc3)cc3nccn23)CC1. The molecular formula is C34H46N10O4. The molecule has 48 heavy (non-hydrogen) atoms. The van der Waals surface area contributed by atoms with Crippen molar-refractivity contribution in [2.24, 2.45) is 5.92 Å². The summed E-state index contributed by atoms with van der Waals surface area (Å²) in [5.41, 5.74) is 1.71. The Hall–Kier alpha value is -4.75. The zero-order valence-corrected chi connectivity index (χ0v) is 28.9. The lowest BCUT2D eigenvalue weighted by Gasteiger charge is -2.36. The van der Waals surface area contributed by atoms with Gasteiger partial charge in [-0.25, -0.2) is 19.7 Å². The van der Waals surface area contributed by atoms with Crippen molar-refractivity contribution in [1.29, 1.82) is 0 Å². The van der Waals surface area contributed by atoms with Crippen molar-refractivity contribution >= 4 is 29.4 Å². The number of nitrogens with one attached hydrogen (secondary N) is 1. The van der Waals surface area contributed by atoms with Gasteiger partial charge in [0.25, 0.3) is 0 Å². The number of hydrogen-bond donors (Lipinski definition) is 1. The highest BCUT2D eigenvalue weighted by atomic mass is 16.6. The number of anilines is 2. The molecule has 4 aromatic heterocycles. The van der Waals surface area contributed by atoms with E-state index in [1.54, 1.807) is 11.1 Å². The molecular weight excluding hydrogens is 612 g/mol. The van der Waals surface area contributed by atoms with Gasteiger partial charge in [-0.1, -0.05) is 25.9 Å². The number of fused-ring (bicyclic) bond motifs is 1. The van der Waals surface area contributed by atoms with E-state index in [2.05, 4.69) is 30.2 Å². The second-order valence-electron chi connectivity index (χ2n) is 14.7. The Labute approximate surface area is 280 Å². The van der Waals surface area contributed by atoms with E-state index in [1.165, 1.54) is 0 Å². The lowest BCUT2D eigenvalue weighted by atomic mass is 9.90. The van der Waals surface area contributed by atoms with Gasteiger partial charge in [-0.05, 0) is 58.6 Å². The molecule has 0 bridgehead atoms. The number of imidazole rings is 1. The number of carbonyl (C=O) groups is 2. The van der Waals surface area contributed by atoms with Gasteiger partial charge < -0.3 is 29.3 Å². The topological polar surface area (TPSA) is 147 Å². The highest BCUT2D eigenvalue weighted by Crippen LogP contribution is 2.29. The highest BCUT2D eigenvalue weighted by molar-refractivity contribution is 5.89. The Bertz CT molecular complexity index is 1740. The number of pyridine rings is 1. The van der Waals surface area contributed by atoms with Crippen molar-refractivity contribution in [3.05, 3.63) is 48.5 Å². The monoisotopic (exact) mass is 658 g/mol. The van der Waals surface area contributed by atoms with Gasteiger partial charge in [-0.15, -0.1) is 0 Å². The van der Waals surface area contributed by atoms with Crippen LogP contribution in [0.3, 0.4) is 0 Å². The third kappa shape index (κ3) is 7.37. The van der Waals surface area contributed by atoms with Gasteiger partial charge >= 0.3 is 17.9 Å². The van der Waals surface area contributed by atoms with E-state index in [1.807, 2.05) is 83.5 Å². The van der Waals surface area contributed by atoms with Crippen molar-refractivity contribution in [2.75, 3.05) is 49.1 Å². The van der Waals surface area contributed by atoms with Gasteiger partial charge in [0.1, 0.15) is 17.1 Å². The van der Waals surface area contributed by atoms with Crippen LogP contribution in [0.15, 0.2) is 41.3 Å². The molecule has 2 saturated heterocycles. The van der Waals surface area contributed by atoms with Crippen LogP contribution in [0.25, 0.3) is 16.9 Å². The summed E-state index contributed by atoms with van der Waals surface area (Å²) in [6, 6.07) is 5.97. The molecule has 0 radical (unpaired) electrons. The van der Waals surface area contributed by atoms with Gasteiger partial charge in [0.05, 0.1) is 5.69 Å². The first-order valence-corrected chi connectivity index (χ1v) is 16.7. The maximum atomic E-state index is 12.8. The summed E-state index contributed by atoms with van der Waals surface area (Å²) in [5, 5.41) is 7.04. The summed E-state index contributed by atoms with van der Waals surface area (Å²) in [6.07, 6.45) is 7.07. The number of piperazine rings is 1. The number of amides is 2. The van der Waals surface area contributed by atoms with E-state index in [9.17, 15) is 9.59 Å². The van der Waals surface area contributed by atoms with Crippen LogP contribution in [0.5, 0.6) is 0 Å². The number of carbonyl (C=O) groups excluding carboxylic acids is 2. The summed E-state index contributed by atoms with van der Waals surface area (Å²) in [4.78, 5) is 50.2. The fraction of sp³-hybridized carbons (Fsp3) is 0.559. The van der Waals surface area contributed by atoms with Crippen LogP contribution in [0, 0.1) is 5.92 Å². The lowest BCUT2D eigenvalue weighted by Crippen LogP contribution is -2.50. The molecule has 6 heterocycles. The summed E-state index contributed by atoms with van der Waals surface area (Å²) < 4.78 is 12.8. The number of rotatable bonds is 6. The predicted molar refractivity (Wildman–Crippen MR) is 181 cm³/mol. The standard InChI is InChI=1S/C34H46N10O4/c1-22(37-28(45)29-39-30(40-48-29)33(2,3)4)23-10-13-42(14-11-23)31-38-25(20-27-35-12-15-44(27)31)24-8-9-26(36-21-24)41-16-18-43(19-17-41)32(46)47-34(5,6)7/h8-9,12,15,20-23H,10-11,13-14,16-19H2,1-7H3,(H,37,45)/t22-/m1/s1. The normalized spacial score (nSPS) is 17.1. The van der Waals surface area contributed by atoms with Crippen LogP contribution in [0.2, 0.25) is 0 Å². The minimum atomic E-state index is -0.512. The van der Waals surface area contributed by atoms with Crippen LogP contribution < -0.4 is 15.1 Å². The number of hydrogen-bond acceptors (Lipinski definition) is 11. The average molecular weight is 659 g/mol. The molecule has 1 N–H and O–H groups in total. The van der Waals surface area contributed by atoms with Crippen molar-refractivity contribution in [3.8, 4) is 11.3 Å². The van der Waals surface area contributed by atoms with Gasteiger partial charge in [0.2, 0.25) is 5.95 Å². The Kier molecular flexibility index (Phi) is 9.01. The lowest BCUT2D eigenvalue weighted by molar-refractivity contribution is 0.0240. The first-order valence-electron chi connectivity index (χ1n) is 16.7. The molecule has 1 atom stereocenters. The van der Waals surface area contributed by atoms with Gasteiger partial charge in [0.15, 0.2) is 5.82 Å². The van der Waals surface area contributed by atoms with Crippen LogP contribution in [0.4, 0.5) is 16.6 Å². The molecule has 256 valence electrons. The molecule has 0 aromatic carbocycles. The smallest absolute Gasteiger partial charge is 0.410 e. The van der Waals surface area contributed by atoms with E-state index in [-0.39, 0.29) is 29.3 Å². The summed E-state index contributed by atoms with van der Waals surface area (Å²) in [6.45, 7) is 17.7. The summed E-state index contributed by atoms with van der Waals surface area (Å²) >= 11 is 0. The molecule has 0 spiro atoms. The van der Waals surface area contributed by atoms with Gasteiger partial charge in [-0.2, -0.15) is 4.98 Å². The van der Waals surface area contributed by atoms with E-state index in [0.717, 1.165) is 54.6 Å². The highest BCUT2D eigenvalue weighted by Gasteiger charge is 2.30. The zero-order chi connectivity index (χ0) is 34.2. The minimum Gasteiger partial charge on any atom is -0.444 e. The fourth-order valence-corrected chi connectivity index (χ4v) is 6.05. The first-order chi connectivity index (χ1) is 22.7.